The quantitative estimate of drug-likeness (QED) is 0.749. The molecule has 154 valence electrons. The largest absolute Gasteiger partial charge is 0.345 e. The molecule has 5 nitrogen and oxygen atoms in total. The molecule has 0 radical (unpaired) electrons. The van der Waals surface area contributed by atoms with Crippen molar-refractivity contribution in [2.75, 3.05) is 0 Å². The lowest BCUT2D eigenvalue weighted by molar-refractivity contribution is -0.140. The second kappa shape index (κ2) is 8.11. The van der Waals surface area contributed by atoms with Gasteiger partial charge in [-0.3, -0.25) is 9.59 Å². The summed E-state index contributed by atoms with van der Waals surface area (Å²) >= 11 is 0. The third-order valence-corrected chi connectivity index (χ3v) is 5.96. The second-order valence-corrected chi connectivity index (χ2v) is 8.01. The van der Waals surface area contributed by atoms with E-state index < -0.39 is 29.5 Å². The van der Waals surface area contributed by atoms with Gasteiger partial charge in [0, 0.05) is 31.1 Å². The maximum atomic E-state index is 13.9. The van der Waals surface area contributed by atoms with E-state index in [9.17, 15) is 22.8 Å². The lowest BCUT2D eigenvalue weighted by Gasteiger charge is -2.42. The average Bonchev–Trinajstić information content (AvgIpc) is 2.87. The van der Waals surface area contributed by atoms with Crippen molar-refractivity contribution in [2.24, 2.45) is 11.7 Å². The summed E-state index contributed by atoms with van der Waals surface area (Å²) in [5.41, 5.74) is 6.36. The number of piperidine rings is 1. The van der Waals surface area contributed by atoms with E-state index in [0.717, 1.165) is 18.9 Å². The number of amides is 2. The smallest absolute Gasteiger partial charge is 0.245 e. The molecule has 3 rings (SSSR count). The molecule has 0 saturated carbocycles. The summed E-state index contributed by atoms with van der Waals surface area (Å²) in [5, 5.41) is 2.63. The van der Waals surface area contributed by atoms with Crippen molar-refractivity contribution >= 4 is 11.8 Å². The Balaban J connectivity index is 1.66. The Morgan fingerprint density at radius 3 is 2.29 bits per heavy atom. The Hall–Kier alpha value is -2.09. The fraction of sp³-hybridized carbons (Fsp3) is 0.600. The van der Waals surface area contributed by atoms with Crippen LogP contribution in [0.1, 0.15) is 45.1 Å². The van der Waals surface area contributed by atoms with Gasteiger partial charge in [-0.15, -0.1) is 0 Å². The van der Waals surface area contributed by atoms with Gasteiger partial charge < -0.3 is 16.0 Å². The lowest BCUT2D eigenvalue weighted by Crippen LogP contribution is -2.55. The number of rotatable bonds is 5. The number of halogens is 3. The van der Waals surface area contributed by atoms with Crippen molar-refractivity contribution in [2.45, 2.75) is 70.1 Å². The first-order valence-corrected chi connectivity index (χ1v) is 9.65. The predicted molar refractivity (Wildman–Crippen MR) is 97.7 cm³/mol. The summed E-state index contributed by atoms with van der Waals surface area (Å²) in [7, 11) is 0. The molecule has 0 aromatic heterocycles. The number of fused-ring (bicyclic) bond motifs is 2. The summed E-state index contributed by atoms with van der Waals surface area (Å²) in [6.07, 6.45) is 3.21. The Morgan fingerprint density at radius 2 is 1.71 bits per heavy atom. The van der Waals surface area contributed by atoms with Crippen LogP contribution in [0, 0.1) is 23.4 Å². The minimum Gasteiger partial charge on any atom is -0.345 e. The Labute approximate surface area is 162 Å². The van der Waals surface area contributed by atoms with Crippen molar-refractivity contribution in [3.05, 3.63) is 35.1 Å². The van der Waals surface area contributed by atoms with Gasteiger partial charge in [-0.1, -0.05) is 0 Å². The number of benzene rings is 1. The lowest BCUT2D eigenvalue weighted by atomic mass is 9.82. The van der Waals surface area contributed by atoms with Crippen LogP contribution in [0.2, 0.25) is 0 Å². The highest BCUT2D eigenvalue weighted by Crippen LogP contribution is 2.40. The van der Waals surface area contributed by atoms with Crippen LogP contribution in [0.4, 0.5) is 13.2 Å². The van der Waals surface area contributed by atoms with Crippen LogP contribution in [0.15, 0.2) is 12.1 Å². The second-order valence-electron chi connectivity index (χ2n) is 8.01. The molecule has 0 spiro atoms. The summed E-state index contributed by atoms with van der Waals surface area (Å²) in [4.78, 5) is 25.8. The number of nitrogens with one attached hydrogen (secondary N) is 1. The Morgan fingerprint density at radius 1 is 1.14 bits per heavy atom. The van der Waals surface area contributed by atoms with E-state index >= 15 is 0 Å². The van der Waals surface area contributed by atoms with Crippen molar-refractivity contribution in [1.82, 2.24) is 10.2 Å². The number of hydrogen-bond acceptors (Lipinski definition) is 3. The van der Waals surface area contributed by atoms with Gasteiger partial charge in [0.1, 0.15) is 11.9 Å². The van der Waals surface area contributed by atoms with Crippen molar-refractivity contribution < 1.29 is 22.8 Å². The van der Waals surface area contributed by atoms with E-state index in [-0.39, 0.29) is 41.8 Å². The molecule has 2 heterocycles. The molecule has 2 aliphatic rings. The third-order valence-electron chi connectivity index (χ3n) is 5.96. The number of carbonyl (C=O) groups is 2. The number of hydrogen-bond donors (Lipinski definition) is 2. The minimum absolute atomic E-state index is 0.0355. The molecular weight excluding hydrogens is 371 g/mol. The van der Waals surface area contributed by atoms with Gasteiger partial charge in [-0.2, -0.15) is 0 Å². The van der Waals surface area contributed by atoms with Gasteiger partial charge in [0.05, 0.1) is 0 Å². The summed E-state index contributed by atoms with van der Waals surface area (Å²) in [6.45, 7) is 3.05. The predicted octanol–water partition coefficient (Wildman–Crippen LogP) is 2.27. The number of nitrogens with zero attached hydrogens (tertiary/aromatic N) is 1. The van der Waals surface area contributed by atoms with Gasteiger partial charge in [0.25, 0.3) is 0 Å². The highest BCUT2D eigenvalue weighted by Gasteiger charge is 2.45. The molecule has 2 amide bonds. The van der Waals surface area contributed by atoms with Gasteiger partial charge in [0.2, 0.25) is 11.8 Å². The Bertz CT molecular complexity index is 759. The third kappa shape index (κ3) is 4.16. The molecule has 2 bridgehead atoms. The van der Waals surface area contributed by atoms with E-state index in [1.54, 1.807) is 6.92 Å². The van der Waals surface area contributed by atoms with Crippen LogP contribution in [-0.4, -0.2) is 40.9 Å². The zero-order valence-electron chi connectivity index (χ0n) is 16.1. The number of nitrogens with two attached hydrogens (primary N) is 1. The van der Waals surface area contributed by atoms with Crippen LogP contribution in [-0.2, 0) is 16.0 Å². The van der Waals surface area contributed by atoms with E-state index in [2.05, 4.69) is 5.32 Å². The molecule has 5 atom stereocenters. The Kier molecular flexibility index (Phi) is 5.98. The van der Waals surface area contributed by atoms with Crippen LogP contribution in [0.25, 0.3) is 0 Å². The van der Waals surface area contributed by atoms with Gasteiger partial charge in [-0.25, -0.2) is 13.2 Å². The molecular formula is C20H26F3N3O2. The SMILES string of the molecule is CC(=O)NC(C)C(=O)N1[C@@H]2CC[C@H]1C[C@H]([C@H](N)Cc1cc(F)c(F)cc1F)C2. The van der Waals surface area contributed by atoms with Crippen molar-refractivity contribution in [1.29, 1.82) is 0 Å². The summed E-state index contributed by atoms with van der Waals surface area (Å²) in [6, 6.07) is 0.495. The highest BCUT2D eigenvalue weighted by molar-refractivity contribution is 5.87. The van der Waals surface area contributed by atoms with Crippen LogP contribution >= 0.6 is 0 Å². The van der Waals surface area contributed by atoms with E-state index in [1.807, 2.05) is 4.90 Å². The monoisotopic (exact) mass is 397 g/mol. The molecule has 2 aliphatic heterocycles. The molecule has 1 aromatic rings. The highest BCUT2D eigenvalue weighted by atomic mass is 19.2. The maximum absolute atomic E-state index is 13.9. The van der Waals surface area contributed by atoms with Crippen LogP contribution < -0.4 is 11.1 Å². The van der Waals surface area contributed by atoms with E-state index in [1.165, 1.54) is 6.92 Å². The molecule has 1 unspecified atom stereocenters. The normalized spacial score (nSPS) is 26.1. The zero-order chi connectivity index (χ0) is 20.6. The van der Waals surface area contributed by atoms with Crippen LogP contribution in [0.3, 0.4) is 0 Å². The first-order valence-electron chi connectivity index (χ1n) is 9.65. The van der Waals surface area contributed by atoms with E-state index in [0.29, 0.717) is 18.9 Å². The summed E-state index contributed by atoms with van der Waals surface area (Å²) in [5.74, 6) is -3.39. The average molecular weight is 397 g/mol. The van der Waals surface area contributed by atoms with Crippen molar-refractivity contribution in [3.8, 4) is 0 Å². The van der Waals surface area contributed by atoms with Gasteiger partial charge in [0.15, 0.2) is 11.6 Å². The molecule has 2 saturated heterocycles. The van der Waals surface area contributed by atoms with Crippen LogP contribution in [0.5, 0.6) is 0 Å². The van der Waals surface area contributed by atoms with Gasteiger partial charge in [-0.05, 0) is 56.6 Å². The first-order chi connectivity index (χ1) is 13.2. The fourth-order valence-electron chi connectivity index (χ4n) is 4.66. The zero-order valence-corrected chi connectivity index (χ0v) is 16.1. The maximum Gasteiger partial charge on any atom is 0.245 e. The van der Waals surface area contributed by atoms with E-state index in [4.69, 9.17) is 5.73 Å². The molecule has 3 N–H and O–H groups in total. The standard InChI is InChI=1S/C20H26F3N3O2/c1-10(25-11(2)27)20(28)26-14-3-4-15(26)6-13(5-14)19(24)8-12-7-17(22)18(23)9-16(12)21/h7,9-10,13-15,19H,3-6,8,24H2,1-2H3,(H,25,27)/t10?,13-,14-,15+,19-/m1/s1. The minimum atomic E-state index is -1.21. The molecule has 8 heteroatoms. The first kappa shape index (κ1) is 20.6. The summed E-state index contributed by atoms with van der Waals surface area (Å²) < 4.78 is 40.5. The number of carbonyl (C=O) groups excluding carboxylic acids is 2. The van der Waals surface area contributed by atoms with Gasteiger partial charge >= 0.3 is 0 Å². The van der Waals surface area contributed by atoms with Crippen molar-refractivity contribution in [3.63, 3.8) is 0 Å². The molecule has 2 fully saturated rings. The topological polar surface area (TPSA) is 75.4 Å². The molecule has 0 aliphatic carbocycles. The molecule has 28 heavy (non-hydrogen) atoms. The fourth-order valence-corrected chi connectivity index (χ4v) is 4.66. The molecule has 1 aromatic carbocycles.